The summed E-state index contributed by atoms with van der Waals surface area (Å²) < 4.78 is 18.6. The Morgan fingerprint density at radius 1 is 1.21 bits per heavy atom. The van der Waals surface area contributed by atoms with Crippen molar-refractivity contribution in [2.45, 2.75) is 38.6 Å². The maximum atomic E-state index is 13.2. The van der Waals surface area contributed by atoms with Gasteiger partial charge in [-0.1, -0.05) is 11.6 Å². The Bertz CT molecular complexity index is 858. The van der Waals surface area contributed by atoms with Crippen LogP contribution in [-0.2, 0) is 4.79 Å². The van der Waals surface area contributed by atoms with Gasteiger partial charge in [-0.2, -0.15) is 0 Å². The topological polar surface area (TPSA) is 67.3 Å². The molecule has 3 rings (SSSR count). The molecule has 0 aliphatic heterocycles. The number of aromatic nitrogens is 2. The van der Waals surface area contributed by atoms with E-state index in [2.05, 4.69) is 15.3 Å². The first-order chi connectivity index (χ1) is 13.3. The Morgan fingerprint density at radius 3 is 2.52 bits per heavy atom. The summed E-state index contributed by atoms with van der Waals surface area (Å²) in [5.74, 6) is 1.62. The Hall–Kier alpha value is -2.12. The highest BCUT2D eigenvalue weighted by Crippen LogP contribution is 2.29. The monoisotopic (exact) mass is 442 g/mol. The van der Waals surface area contributed by atoms with Crippen molar-refractivity contribution in [3.63, 3.8) is 0 Å². The second-order valence-corrected chi connectivity index (χ2v) is 7.65. The van der Waals surface area contributed by atoms with Crippen molar-refractivity contribution < 1.29 is 13.9 Å². The SMILES string of the molecule is Cc1nc(N[C@H]2CC[C@@H](C(=O)Oc3ccc(F)c(Cl)c3)CC2)cc(N(C)C)n1.Cl. The zero-order valence-corrected chi connectivity index (χ0v) is 18.2. The van der Waals surface area contributed by atoms with Crippen LogP contribution in [-0.4, -0.2) is 36.1 Å². The van der Waals surface area contributed by atoms with E-state index in [1.54, 1.807) is 0 Å². The van der Waals surface area contributed by atoms with Crippen molar-refractivity contribution >= 4 is 41.6 Å². The number of esters is 1. The number of hydrogen-bond donors (Lipinski definition) is 1. The van der Waals surface area contributed by atoms with Gasteiger partial charge < -0.3 is 15.0 Å². The second kappa shape index (κ2) is 10.1. The first kappa shape index (κ1) is 23.2. The number of hydrogen-bond acceptors (Lipinski definition) is 6. The van der Waals surface area contributed by atoms with Crippen molar-refractivity contribution in [1.29, 1.82) is 0 Å². The fourth-order valence-corrected chi connectivity index (χ4v) is 3.45. The van der Waals surface area contributed by atoms with E-state index in [1.807, 2.05) is 32.0 Å². The molecular formula is C20H25Cl2FN4O2. The summed E-state index contributed by atoms with van der Waals surface area (Å²) in [6, 6.07) is 6.09. The molecule has 1 saturated carbocycles. The number of nitrogens with zero attached hydrogens (tertiary/aromatic N) is 3. The normalized spacial score (nSPS) is 18.5. The minimum absolute atomic E-state index is 0. The highest BCUT2D eigenvalue weighted by Gasteiger charge is 2.28. The van der Waals surface area contributed by atoms with E-state index in [4.69, 9.17) is 16.3 Å². The van der Waals surface area contributed by atoms with Gasteiger partial charge in [0.25, 0.3) is 0 Å². The molecule has 1 aliphatic rings. The molecule has 1 aliphatic carbocycles. The van der Waals surface area contributed by atoms with Gasteiger partial charge in [0.1, 0.15) is 29.0 Å². The molecule has 1 heterocycles. The molecule has 29 heavy (non-hydrogen) atoms. The molecule has 0 amide bonds. The average molecular weight is 443 g/mol. The van der Waals surface area contributed by atoms with Crippen LogP contribution in [0, 0.1) is 18.7 Å². The molecule has 0 radical (unpaired) electrons. The summed E-state index contributed by atoms with van der Waals surface area (Å²) in [5, 5.41) is 3.39. The number of carbonyl (C=O) groups excluding carboxylic acids is 1. The minimum atomic E-state index is -0.537. The standard InChI is InChI=1S/C20H24ClFN4O2.ClH/c1-12-23-18(11-19(24-12)26(2)3)25-14-6-4-13(5-7-14)20(27)28-15-8-9-17(22)16(21)10-15;/h8-11,13-14H,4-7H2,1-3H3,(H,23,24,25);1H/t13-,14+;. The van der Waals surface area contributed by atoms with Crippen LogP contribution in [0.3, 0.4) is 0 Å². The molecule has 1 aromatic carbocycles. The fourth-order valence-electron chi connectivity index (χ4n) is 3.28. The van der Waals surface area contributed by atoms with Crippen LogP contribution in [0.5, 0.6) is 5.75 Å². The number of rotatable bonds is 5. The first-order valence-electron chi connectivity index (χ1n) is 9.28. The Balaban J connectivity index is 0.00000300. The molecule has 1 fully saturated rings. The lowest BCUT2D eigenvalue weighted by Crippen LogP contribution is -2.31. The van der Waals surface area contributed by atoms with Crippen LogP contribution in [0.1, 0.15) is 31.5 Å². The van der Waals surface area contributed by atoms with Gasteiger partial charge in [0.15, 0.2) is 0 Å². The Labute approximate surface area is 181 Å². The summed E-state index contributed by atoms with van der Waals surface area (Å²) in [6.45, 7) is 1.87. The van der Waals surface area contributed by atoms with E-state index < -0.39 is 5.82 Å². The fraction of sp³-hybridized carbons (Fsp3) is 0.450. The van der Waals surface area contributed by atoms with Crippen LogP contribution in [0.25, 0.3) is 0 Å². The number of nitrogens with one attached hydrogen (secondary N) is 1. The lowest BCUT2D eigenvalue weighted by atomic mass is 9.86. The van der Waals surface area contributed by atoms with E-state index >= 15 is 0 Å². The van der Waals surface area contributed by atoms with Gasteiger partial charge in [-0.15, -0.1) is 12.4 Å². The lowest BCUT2D eigenvalue weighted by molar-refractivity contribution is -0.140. The van der Waals surface area contributed by atoms with Crippen LogP contribution in [0.2, 0.25) is 5.02 Å². The lowest BCUT2D eigenvalue weighted by Gasteiger charge is -2.28. The molecular weight excluding hydrogens is 418 g/mol. The van der Waals surface area contributed by atoms with E-state index in [0.717, 1.165) is 37.3 Å². The number of carbonyl (C=O) groups is 1. The highest BCUT2D eigenvalue weighted by atomic mass is 35.5. The Morgan fingerprint density at radius 2 is 1.90 bits per heavy atom. The highest BCUT2D eigenvalue weighted by molar-refractivity contribution is 6.30. The van der Waals surface area contributed by atoms with E-state index in [-0.39, 0.29) is 41.1 Å². The third-order valence-corrected chi connectivity index (χ3v) is 5.09. The molecule has 1 N–H and O–H groups in total. The Kier molecular flexibility index (Phi) is 8.05. The van der Waals surface area contributed by atoms with Crippen molar-refractivity contribution in [3.05, 3.63) is 40.9 Å². The van der Waals surface area contributed by atoms with Crippen molar-refractivity contribution in [2.75, 3.05) is 24.3 Å². The van der Waals surface area contributed by atoms with E-state index in [9.17, 15) is 9.18 Å². The maximum absolute atomic E-state index is 13.2. The summed E-state index contributed by atoms with van der Waals surface area (Å²) in [4.78, 5) is 23.2. The molecule has 0 spiro atoms. The molecule has 158 valence electrons. The van der Waals surface area contributed by atoms with E-state index in [0.29, 0.717) is 5.82 Å². The number of halogens is 3. The van der Waals surface area contributed by atoms with Crippen LogP contribution < -0.4 is 15.0 Å². The van der Waals surface area contributed by atoms with Crippen molar-refractivity contribution in [2.24, 2.45) is 5.92 Å². The zero-order chi connectivity index (χ0) is 20.3. The minimum Gasteiger partial charge on any atom is -0.426 e. The molecule has 1 aromatic heterocycles. The number of benzene rings is 1. The summed E-state index contributed by atoms with van der Waals surface area (Å²) >= 11 is 5.73. The predicted octanol–water partition coefficient (Wildman–Crippen LogP) is 4.64. The largest absolute Gasteiger partial charge is 0.426 e. The van der Waals surface area contributed by atoms with Gasteiger partial charge in [-0.25, -0.2) is 14.4 Å². The smallest absolute Gasteiger partial charge is 0.314 e. The van der Waals surface area contributed by atoms with Gasteiger partial charge >= 0.3 is 5.97 Å². The van der Waals surface area contributed by atoms with Crippen LogP contribution in [0.15, 0.2) is 24.3 Å². The van der Waals surface area contributed by atoms with Crippen molar-refractivity contribution in [1.82, 2.24) is 9.97 Å². The molecule has 6 nitrogen and oxygen atoms in total. The molecule has 0 bridgehead atoms. The van der Waals surface area contributed by atoms with Gasteiger partial charge in [-0.05, 0) is 44.7 Å². The predicted molar refractivity (Wildman–Crippen MR) is 115 cm³/mol. The molecule has 0 saturated heterocycles. The average Bonchev–Trinajstić information content (AvgIpc) is 2.65. The summed E-state index contributed by atoms with van der Waals surface area (Å²) in [5.41, 5.74) is 0. The van der Waals surface area contributed by atoms with Gasteiger partial charge in [0.2, 0.25) is 0 Å². The van der Waals surface area contributed by atoms with Gasteiger partial charge in [0.05, 0.1) is 10.9 Å². The van der Waals surface area contributed by atoms with Crippen LogP contribution in [0.4, 0.5) is 16.0 Å². The maximum Gasteiger partial charge on any atom is 0.314 e. The first-order valence-corrected chi connectivity index (χ1v) is 9.66. The van der Waals surface area contributed by atoms with Gasteiger partial charge in [0, 0.05) is 32.3 Å². The van der Waals surface area contributed by atoms with Crippen molar-refractivity contribution in [3.8, 4) is 5.75 Å². The third-order valence-electron chi connectivity index (χ3n) is 4.80. The molecule has 9 heteroatoms. The third kappa shape index (κ3) is 6.18. The number of ether oxygens (including phenoxy) is 1. The second-order valence-electron chi connectivity index (χ2n) is 7.24. The molecule has 0 unspecified atom stereocenters. The van der Waals surface area contributed by atoms with E-state index in [1.165, 1.54) is 18.2 Å². The zero-order valence-electron chi connectivity index (χ0n) is 16.6. The number of aryl methyl sites for hydroxylation is 1. The summed E-state index contributed by atoms with van der Waals surface area (Å²) in [6.07, 6.45) is 3.11. The van der Waals surface area contributed by atoms with Gasteiger partial charge in [-0.3, -0.25) is 4.79 Å². The summed E-state index contributed by atoms with van der Waals surface area (Å²) in [7, 11) is 3.88. The molecule has 0 atom stereocenters. The quantitative estimate of drug-likeness (QED) is 0.537. The molecule has 2 aromatic rings. The van der Waals surface area contributed by atoms with Crippen LogP contribution >= 0.6 is 24.0 Å². The number of anilines is 2.